The molecule has 0 saturated heterocycles. The summed E-state index contributed by atoms with van der Waals surface area (Å²) in [5.41, 5.74) is 7.50. The number of rotatable bonds is 0. The minimum Gasteiger partial charge on any atom is -0.487 e. The number of hydrogen-bond acceptors (Lipinski definition) is 2. The molecule has 1 saturated carbocycles. The second-order valence-corrected chi connectivity index (χ2v) is 6.90. The van der Waals surface area contributed by atoms with E-state index in [1.807, 2.05) is 6.07 Å². The van der Waals surface area contributed by atoms with Gasteiger partial charge in [0.05, 0.1) is 0 Å². The first-order valence-electron chi connectivity index (χ1n) is 6.82. The van der Waals surface area contributed by atoms with Crippen molar-refractivity contribution in [2.24, 2.45) is 11.7 Å². The van der Waals surface area contributed by atoms with Crippen molar-refractivity contribution in [2.45, 2.75) is 50.7 Å². The van der Waals surface area contributed by atoms with Gasteiger partial charge in [-0.15, -0.1) is 0 Å². The van der Waals surface area contributed by atoms with Gasteiger partial charge in [-0.3, -0.25) is 0 Å². The number of benzene rings is 1. The first-order chi connectivity index (χ1) is 8.58. The van der Waals surface area contributed by atoms with Crippen molar-refractivity contribution in [2.75, 3.05) is 0 Å². The van der Waals surface area contributed by atoms with Crippen LogP contribution in [-0.2, 0) is 0 Å². The Morgan fingerprint density at radius 2 is 2.22 bits per heavy atom. The molecule has 1 spiro atoms. The van der Waals surface area contributed by atoms with E-state index in [0.29, 0.717) is 0 Å². The van der Waals surface area contributed by atoms with E-state index >= 15 is 0 Å². The molecule has 1 aromatic carbocycles. The molecule has 3 atom stereocenters. The van der Waals surface area contributed by atoms with Crippen LogP contribution in [0.15, 0.2) is 22.7 Å². The molecule has 0 bridgehead atoms. The van der Waals surface area contributed by atoms with E-state index < -0.39 is 0 Å². The lowest BCUT2D eigenvalue weighted by molar-refractivity contribution is -0.0140. The average Bonchev–Trinajstić information content (AvgIpc) is 2.27. The van der Waals surface area contributed by atoms with E-state index in [1.165, 1.54) is 12.8 Å². The highest BCUT2D eigenvalue weighted by Crippen LogP contribution is 2.47. The minimum absolute atomic E-state index is 0.00905. The summed E-state index contributed by atoms with van der Waals surface area (Å²) in [5, 5.41) is 0. The van der Waals surface area contributed by atoms with Crippen LogP contribution in [0, 0.1) is 5.92 Å². The van der Waals surface area contributed by atoms with Crippen LogP contribution in [0.4, 0.5) is 0 Å². The lowest BCUT2D eigenvalue weighted by atomic mass is 9.73. The second-order valence-electron chi connectivity index (χ2n) is 5.98. The molecule has 0 radical (unpaired) electrons. The van der Waals surface area contributed by atoms with E-state index in [1.54, 1.807) is 0 Å². The molecule has 1 heterocycles. The van der Waals surface area contributed by atoms with Crippen molar-refractivity contribution in [1.29, 1.82) is 0 Å². The molecule has 2 aliphatic rings. The van der Waals surface area contributed by atoms with Crippen molar-refractivity contribution in [3.8, 4) is 5.75 Å². The summed E-state index contributed by atoms with van der Waals surface area (Å²) in [6.45, 7) is 2.33. The van der Waals surface area contributed by atoms with Gasteiger partial charge < -0.3 is 10.5 Å². The molecule has 1 aromatic rings. The summed E-state index contributed by atoms with van der Waals surface area (Å²) in [6.07, 6.45) is 5.85. The number of fused-ring (bicyclic) bond motifs is 1. The Morgan fingerprint density at radius 1 is 1.39 bits per heavy atom. The van der Waals surface area contributed by atoms with Gasteiger partial charge in [-0.05, 0) is 37.3 Å². The van der Waals surface area contributed by atoms with Crippen molar-refractivity contribution in [3.05, 3.63) is 28.2 Å². The number of hydrogen-bond donors (Lipinski definition) is 1. The predicted molar refractivity (Wildman–Crippen MR) is 76.7 cm³/mol. The minimum atomic E-state index is -0.00905. The summed E-state index contributed by atoms with van der Waals surface area (Å²) >= 11 is 3.51. The van der Waals surface area contributed by atoms with Crippen LogP contribution >= 0.6 is 15.9 Å². The largest absolute Gasteiger partial charge is 0.487 e. The van der Waals surface area contributed by atoms with Gasteiger partial charge in [0.15, 0.2) is 0 Å². The highest BCUT2D eigenvalue weighted by molar-refractivity contribution is 9.10. The number of halogens is 1. The standard InChI is InChI=1S/C15H20BrNO/c1-10-3-2-6-15(8-10)9-13(17)12-5-4-11(16)7-14(12)18-15/h4-5,7,10,13H,2-3,6,8-9,17H2,1H3/t10?,13-,15?/m1/s1. The molecule has 1 fully saturated rings. The zero-order valence-corrected chi connectivity index (χ0v) is 12.4. The van der Waals surface area contributed by atoms with Gasteiger partial charge in [0, 0.05) is 22.5 Å². The van der Waals surface area contributed by atoms with Gasteiger partial charge in [-0.1, -0.05) is 35.3 Å². The molecular formula is C15H20BrNO. The molecular weight excluding hydrogens is 290 g/mol. The highest BCUT2D eigenvalue weighted by Gasteiger charge is 2.42. The van der Waals surface area contributed by atoms with Crippen LogP contribution in [0.3, 0.4) is 0 Å². The topological polar surface area (TPSA) is 35.2 Å². The Hall–Kier alpha value is -0.540. The van der Waals surface area contributed by atoms with E-state index in [2.05, 4.69) is 35.0 Å². The van der Waals surface area contributed by atoms with Gasteiger partial charge >= 0.3 is 0 Å². The summed E-state index contributed by atoms with van der Waals surface area (Å²) in [6, 6.07) is 6.31. The number of nitrogens with two attached hydrogens (primary N) is 1. The average molecular weight is 310 g/mol. The summed E-state index contributed by atoms with van der Waals surface area (Å²) in [7, 11) is 0. The molecule has 18 heavy (non-hydrogen) atoms. The Balaban J connectivity index is 1.94. The van der Waals surface area contributed by atoms with E-state index in [9.17, 15) is 0 Å². The quantitative estimate of drug-likeness (QED) is 0.780. The first kappa shape index (κ1) is 12.5. The van der Waals surface area contributed by atoms with Gasteiger partial charge in [0.25, 0.3) is 0 Å². The third kappa shape index (κ3) is 2.19. The van der Waals surface area contributed by atoms with Gasteiger partial charge in [-0.25, -0.2) is 0 Å². The Kier molecular flexibility index (Phi) is 3.15. The smallest absolute Gasteiger partial charge is 0.126 e. The van der Waals surface area contributed by atoms with Crippen LogP contribution in [0.25, 0.3) is 0 Å². The zero-order valence-electron chi connectivity index (χ0n) is 10.8. The third-order valence-corrected chi connectivity index (χ3v) is 4.84. The molecule has 0 amide bonds. The zero-order chi connectivity index (χ0) is 12.8. The third-order valence-electron chi connectivity index (χ3n) is 4.34. The molecule has 2 unspecified atom stereocenters. The molecule has 0 aromatic heterocycles. The highest BCUT2D eigenvalue weighted by atomic mass is 79.9. The first-order valence-corrected chi connectivity index (χ1v) is 7.61. The molecule has 2 N–H and O–H groups in total. The van der Waals surface area contributed by atoms with Gasteiger partial charge in [-0.2, -0.15) is 0 Å². The number of ether oxygens (including phenoxy) is 1. The van der Waals surface area contributed by atoms with E-state index in [0.717, 1.165) is 41.0 Å². The maximum Gasteiger partial charge on any atom is 0.126 e. The lowest BCUT2D eigenvalue weighted by Gasteiger charge is -2.45. The summed E-state index contributed by atoms with van der Waals surface area (Å²) in [4.78, 5) is 0. The van der Waals surface area contributed by atoms with Crippen LogP contribution in [0.1, 0.15) is 50.6 Å². The maximum atomic E-state index is 6.37. The van der Waals surface area contributed by atoms with Crippen LogP contribution < -0.4 is 10.5 Å². The van der Waals surface area contributed by atoms with Crippen LogP contribution in [0.2, 0.25) is 0 Å². The van der Waals surface area contributed by atoms with Crippen LogP contribution in [-0.4, -0.2) is 5.60 Å². The Bertz CT molecular complexity index is 462. The molecule has 98 valence electrons. The van der Waals surface area contributed by atoms with Gasteiger partial charge in [0.2, 0.25) is 0 Å². The molecule has 3 rings (SSSR count). The normalized spacial score (nSPS) is 35.1. The SMILES string of the molecule is CC1CCCC2(C1)C[C@@H](N)c1ccc(Br)cc1O2. The van der Waals surface area contributed by atoms with Crippen molar-refractivity contribution >= 4 is 15.9 Å². The molecule has 2 nitrogen and oxygen atoms in total. The van der Waals surface area contributed by atoms with Gasteiger partial charge in [0.1, 0.15) is 11.4 Å². The fraction of sp³-hybridized carbons (Fsp3) is 0.600. The van der Waals surface area contributed by atoms with E-state index in [-0.39, 0.29) is 11.6 Å². The maximum absolute atomic E-state index is 6.37. The monoisotopic (exact) mass is 309 g/mol. The Morgan fingerprint density at radius 3 is 3.00 bits per heavy atom. The molecule has 1 aliphatic heterocycles. The summed E-state index contributed by atoms with van der Waals surface area (Å²) < 4.78 is 7.44. The van der Waals surface area contributed by atoms with Crippen molar-refractivity contribution in [1.82, 2.24) is 0 Å². The van der Waals surface area contributed by atoms with Crippen molar-refractivity contribution in [3.63, 3.8) is 0 Å². The predicted octanol–water partition coefficient (Wildman–Crippen LogP) is 4.18. The molecule has 3 heteroatoms. The Labute approximate surface area is 117 Å². The fourth-order valence-electron chi connectivity index (χ4n) is 3.58. The fourth-order valence-corrected chi connectivity index (χ4v) is 3.92. The summed E-state index contributed by atoms with van der Waals surface area (Å²) in [5.74, 6) is 1.73. The molecule has 1 aliphatic carbocycles. The van der Waals surface area contributed by atoms with E-state index in [4.69, 9.17) is 10.5 Å². The lowest BCUT2D eigenvalue weighted by Crippen LogP contribution is -2.46. The second kappa shape index (κ2) is 4.53. The van der Waals surface area contributed by atoms with Crippen molar-refractivity contribution < 1.29 is 4.74 Å². The van der Waals surface area contributed by atoms with Crippen LogP contribution in [0.5, 0.6) is 5.75 Å².